The van der Waals surface area contributed by atoms with Crippen molar-refractivity contribution >= 4 is 17.3 Å². The first-order valence-electron chi connectivity index (χ1n) is 7.29. The standard InChI is InChI=1S/C17H17ClF2N2/c18-14-3-1-2-4-17(14)22-9-7-21(8-10-22)12-13-5-6-15(19)16(20)11-13/h1-6,11H,7-10,12H2. The van der Waals surface area contributed by atoms with Crippen LogP contribution in [-0.4, -0.2) is 31.1 Å². The number of hydrogen-bond donors (Lipinski definition) is 0. The molecule has 116 valence electrons. The fourth-order valence-electron chi connectivity index (χ4n) is 2.75. The van der Waals surface area contributed by atoms with E-state index in [1.54, 1.807) is 6.07 Å². The summed E-state index contributed by atoms with van der Waals surface area (Å²) in [5.41, 5.74) is 1.85. The van der Waals surface area contributed by atoms with Crippen LogP contribution in [0.1, 0.15) is 5.56 Å². The second-order valence-electron chi connectivity index (χ2n) is 5.46. The molecular formula is C17H17ClF2N2. The summed E-state index contributed by atoms with van der Waals surface area (Å²) in [5.74, 6) is -1.58. The average Bonchev–Trinajstić information content (AvgIpc) is 2.52. The van der Waals surface area contributed by atoms with Crippen molar-refractivity contribution < 1.29 is 8.78 Å². The molecule has 2 aromatic rings. The van der Waals surface area contributed by atoms with Crippen LogP contribution in [0.15, 0.2) is 42.5 Å². The molecule has 0 radical (unpaired) electrons. The lowest BCUT2D eigenvalue weighted by Crippen LogP contribution is -2.46. The van der Waals surface area contributed by atoms with Crippen LogP contribution in [0.5, 0.6) is 0 Å². The van der Waals surface area contributed by atoms with E-state index in [2.05, 4.69) is 9.80 Å². The maximum atomic E-state index is 13.2. The second kappa shape index (κ2) is 6.63. The summed E-state index contributed by atoms with van der Waals surface area (Å²) in [4.78, 5) is 4.49. The summed E-state index contributed by atoms with van der Waals surface area (Å²) in [6.45, 7) is 4.10. The lowest BCUT2D eigenvalue weighted by molar-refractivity contribution is 0.249. The van der Waals surface area contributed by atoms with Crippen LogP contribution in [0, 0.1) is 11.6 Å². The predicted molar refractivity (Wildman–Crippen MR) is 85.3 cm³/mol. The van der Waals surface area contributed by atoms with E-state index in [4.69, 9.17) is 11.6 Å². The normalized spacial score (nSPS) is 16.0. The Kier molecular flexibility index (Phi) is 4.60. The van der Waals surface area contributed by atoms with Crippen LogP contribution in [0.2, 0.25) is 5.02 Å². The Morgan fingerprint density at radius 3 is 2.32 bits per heavy atom. The quantitative estimate of drug-likeness (QED) is 0.844. The van der Waals surface area contributed by atoms with Crippen LogP contribution >= 0.6 is 11.6 Å². The van der Waals surface area contributed by atoms with Gasteiger partial charge in [-0.05, 0) is 29.8 Å². The van der Waals surface area contributed by atoms with Crippen molar-refractivity contribution in [1.29, 1.82) is 0 Å². The van der Waals surface area contributed by atoms with Crippen molar-refractivity contribution in [2.24, 2.45) is 0 Å². The van der Waals surface area contributed by atoms with Gasteiger partial charge in [-0.2, -0.15) is 0 Å². The average molecular weight is 323 g/mol. The van der Waals surface area contributed by atoms with Crippen molar-refractivity contribution in [2.75, 3.05) is 31.1 Å². The Morgan fingerprint density at radius 1 is 0.909 bits per heavy atom. The molecule has 0 aromatic heterocycles. The molecule has 0 spiro atoms. The monoisotopic (exact) mass is 322 g/mol. The maximum absolute atomic E-state index is 13.2. The van der Waals surface area contributed by atoms with Gasteiger partial charge in [0.1, 0.15) is 0 Å². The highest BCUT2D eigenvalue weighted by atomic mass is 35.5. The molecule has 0 aliphatic carbocycles. The van der Waals surface area contributed by atoms with Crippen molar-refractivity contribution in [2.45, 2.75) is 6.54 Å². The number of nitrogens with zero attached hydrogens (tertiary/aromatic N) is 2. The van der Waals surface area contributed by atoms with E-state index in [1.807, 2.05) is 24.3 Å². The first-order valence-corrected chi connectivity index (χ1v) is 7.67. The third-order valence-electron chi connectivity index (χ3n) is 3.96. The minimum absolute atomic E-state index is 0.633. The van der Waals surface area contributed by atoms with E-state index in [0.717, 1.165) is 42.5 Å². The topological polar surface area (TPSA) is 6.48 Å². The molecular weight excluding hydrogens is 306 g/mol. The van der Waals surface area contributed by atoms with E-state index < -0.39 is 11.6 Å². The van der Waals surface area contributed by atoms with Crippen molar-refractivity contribution in [3.05, 3.63) is 64.7 Å². The summed E-state index contributed by atoms with van der Waals surface area (Å²) in [6, 6.07) is 11.9. The van der Waals surface area contributed by atoms with Crippen LogP contribution in [0.25, 0.3) is 0 Å². The van der Waals surface area contributed by atoms with Crippen molar-refractivity contribution in [1.82, 2.24) is 4.90 Å². The number of piperazine rings is 1. The lowest BCUT2D eigenvalue weighted by Gasteiger charge is -2.36. The highest BCUT2D eigenvalue weighted by molar-refractivity contribution is 6.33. The third-order valence-corrected chi connectivity index (χ3v) is 4.28. The minimum atomic E-state index is -0.799. The van der Waals surface area contributed by atoms with Gasteiger partial charge in [0.05, 0.1) is 10.7 Å². The highest BCUT2D eigenvalue weighted by Crippen LogP contribution is 2.26. The molecule has 0 amide bonds. The molecule has 0 N–H and O–H groups in total. The molecule has 1 fully saturated rings. The smallest absolute Gasteiger partial charge is 0.159 e. The first kappa shape index (κ1) is 15.3. The molecule has 2 nitrogen and oxygen atoms in total. The second-order valence-corrected chi connectivity index (χ2v) is 5.87. The van der Waals surface area contributed by atoms with Crippen LogP contribution in [0.3, 0.4) is 0 Å². The fraction of sp³-hybridized carbons (Fsp3) is 0.294. The van der Waals surface area contributed by atoms with Gasteiger partial charge in [0.15, 0.2) is 11.6 Å². The summed E-state index contributed by atoms with van der Waals surface area (Å²) in [7, 11) is 0. The summed E-state index contributed by atoms with van der Waals surface area (Å²) >= 11 is 6.22. The number of hydrogen-bond acceptors (Lipinski definition) is 2. The summed E-state index contributed by atoms with van der Waals surface area (Å²) in [5, 5.41) is 0.761. The van der Waals surface area contributed by atoms with E-state index in [0.29, 0.717) is 6.54 Å². The van der Waals surface area contributed by atoms with Gasteiger partial charge in [-0.3, -0.25) is 4.90 Å². The highest BCUT2D eigenvalue weighted by Gasteiger charge is 2.19. The molecule has 0 atom stereocenters. The Labute approximate surface area is 133 Å². The van der Waals surface area contributed by atoms with Gasteiger partial charge in [-0.1, -0.05) is 29.8 Å². The van der Waals surface area contributed by atoms with Crippen molar-refractivity contribution in [3.8, 4) is 0 Å². The van der Waals surface area contributed by atoms with Crippen LogP contribution in [-0.2, 0) is 6.54 Å². The minimum Gasteiger partial charge on any atom is -0.368 e. The van der Waals surface area contributed by atoms with Gasteiger partial charge in [-0.15, -0.1) is 0 Å². The van der Waals surface area contributed by atoms with Gasteiger partial charge in [-0.25, -0.2) is 8.78 Å². The number of rotatable bonds is 3. The molecule has 3 rings (SSSR count). The maximum Gasteiger partial charge on any atom is 0.159 e. The summed E-state index contributed by atoms with van der Waals surface area (Å²) < 4.78 is 26.2. The molecule has 2 aromatic carbocycles. The number of para-hydroxylation sites is 1. The SMILES string of the molecule is Fc1ccc(CN2CCN(c3ccccc3Cl)CC2)cc1F. The largest absolute Gasteiger partial charge is 0.368 e. The van der Waals surface area contributed by atoms with Gasteiger partial charge in [0.25, 0.3) is 0 Å². The van der Waals surface area contributed by atoms with Gasteiger partial charge >= 0.3 is 0 Å². The Morgan fingerprint density at radius 2 is 1.64 bits per heavy atom. The Hall–Kier alpha value is -1.65. The number of halogens is 3. The van der Waals surface area contributed by atoms with E-state index in [-0.39, 0.29) is 0 Å². The zero-order valence-corrected chi connectivity index (χ0v) is 12.9. The van der Waals surface area contributed by atoms with Crippen LogP contribution in [0.4, 0.5) is 14.5 Å². The molecule has 1 aliphatic rings. The zero-order chi connectivity index (χ0) is 15.5. The number of anilines is 1. The predicted octanol–water partition coefficient (Wildman–Crippen LogP) is 3.94. The van der Waals surface area contributed by atoms with Crippen LogP contribution < -0.4 is 4.90 Å². The Balaban J connectivity index is 1.60. The molecule has 1 saturated heterocycles. The lowest BCUT2D eigenvalue weighted by atomic mass is 10.1. The molecule has 0 unspecified atom stereocenters. The zero-order valence-electron chi connectivity index (χ0n) is 12.1. The van der Waals surface area contributed by atoms with E-state index in [9.17, 15) is 8.78 Å². The molecule has 22 heavy (non-hydrogen) atoms. The molecule has 0 saturated carbocycles. The molecule has 1 aliphatic heterocycles. The molecule has 1 heterocycles. The van der Waals surface area contributed by atoms with Gasteiger partial charge in [0.2, 0.25) is 0 Å². The number of benzene rings is 2. The van der Waals surface area contributed by atoms with E-state index in [1.165, 1.54) is 12.1 Å². The Bertz CT molecular complexity index is 655. The van der Waals surface area contributed by atoms with Crippen molar-refractivity contribution in [3.63, 3.8) is 0 Å². The fourth-order valence-corrected chi connectivity index (χ4v) is 3.01. The van der Waals surface area contributed by atoms with E-state index >= 15 is 0 Å². The summed E-state index contributed by atoms with van der Waals surface area (Å²) in [6.07, 6.45) is 0. The molecule has 0 bridgehead atoms. The van der Waals surface area contributed by atoms with Gasteiger partial charge in [0, 0.05) is 32.7 Å². The third kappa shape index (κ3) is 3.39. The van der Waals surface area contributed by atoms with Gasteiger partial charge < -0.3 is 4.90 Å². The first-order chi connectivity index (χ1) is 10.6. The molecule has 5 heteroatoms.